The predicted molar refractivity (Wildman–Crippen MR) is 125 cm³/mol. The number of fused-ring (bicyclic) bond motifs is 1. The minimum Gasteiger partial charge on any atom is -0.380 e. The zero-order valence-electron chi connectivity index (χ0n) is 19.1. The van der Waals surface area contributed by atoms with Crippen molar-refractivity contribution in [1.29, 1.82) is 0 Å². The highest BCUT2D eigenvalue weighted by Crippen LogP contribution is 2.52. The van der Waals surface area contributed by atoms with Crippen molar-refractivity contribution in [3.63, 3.8) is 0 Å². The Morgan fingerprint density at radius 2 is 1.71 bits per heavy atom. The number of anilines is 1. The molecule has 2 saturated carbocycles. The Labute approximate surface area is 200 Å². The van der Waals surface area contributed by atoms with Crippen molar-refractivity contribution in [2.45, 2.75) is 75.5 Å². The minimum absolute atomic E-state index is 0.0574. The number of nitrogens with one attached hydrogen (secondary N) is 2. The van der Waals surface area contributed by atoms with Gasteiger partial charge in [-0.2, -0.15) is 8.78 Å². The average Bonchev–Trinajstić information content (AvgIpc) is 3.33. The summed E-state index contributed by atoms with van der Waals surface area (Å²) in [5.41, 5.74) is -5.10. The molecule has 0 atom stereocenters. The quantitative estimate of drug-likeness (QED) is 0.403. The van der Waals surface area contributed by atoms with Crippen LogP contribution in [-0.4, -0.2) is 38.5 Å². The summed E-state index contributed by atoms with van der Waals surface area (Å²) >= 11 is 0. The van der Waals surface area contributed by atoms with Crippen LogP contribution in [0.5, 0.6) is 0 Å². The molecule has 4 N–H and O–H groups in total. The number of nitrogens with zero attached hydrogens (tertiary/aromatic N) is 1. The molecule has 192 valence electrons. The topological polar surface area (TPSA) is 121 Å². The average molecular weight is 515 g/mol. The zero-order chi connectivity index (χ0) is 25.4. The highest BCUT2D eigenvalue weighted by molar-refractivity contribution is 7.53. The third-order valence-electron chi connectivity index (χ3n) is 6.94. The number of carbonyl (C=O) groups excluding carboxylic acids is 1. The number of rotatable bonds is 7. The van der Waals surface area contributed by atoms with Gasteiger partial charge in [0.05, 0.1) is 17.7 Å². The fraction of sp³-hybridized carbons (Fsp3) is 0.565. The van der Waals surface area contributed by atoms with E-state index in [0.717, 1.165) is 63.9 Å². The molecule has 2 fully saturated rings. The van der Waals surface area contributed by atoms with Crippen LogP contribution < -0.4 is 16.1 Å². The third kappa shape index (κ3) is 5.42. The summed E-state index contributed by atoms with van der Waals surface area (Å²) in [5, 5.41) is 4.93. The number of carbonyl (C=O) groups is 1. The van der Waals surface area contributed by atoms with Crippen LogP contribution in [0.3, 0.4) is 0 Å². The molecule has 1 aromatic carbocycles. The summed E-state index contributed by atoms with van der Waals surface area (Å²) in [6, 6.07) is 2.70. The van der Waals surface area contributed by atoms with Crippen molar-refractivity contribution in [1.82, 2.24) is 9.88 Å². The van der Waals surface area contributed by atoms with Crippen LogP contribution in [0.2, 0.25) is 0 Å². The van der Waals surface area contributed by atoms with Crippen molar-refractivity contribution in [3.8, 4) is 0 Å². The lowest BCUT2D eigenvalue weighted by molar-refractivity contribution is 0.0547. The van der Waals surface area contributed by atoms with Gasteiger partial charge < -0.3 is 25.0 Å². The van der Waals surface area contributed by atoms with Gasteiger partial charge in [0.15, 0.2) is 0 Å². The SMILES string of the molecule is O=C(NCC(F)(F)P(=O)(O)O)c1cn(C2CCCC2)c2cc(NC3CCCCC3)c(F)cc2c1=O. The van der Waals surface area contributed by atoms with Crippen molar-refractivity contribution < 1.29 is 32.3 Å². The molecule has 1 amide bonds. The van der Waals surface area contributed by atoms with E-state index in [9.17, 15) is 22.9 Å². The van der Waals surface area contributed by atoms with Gasteiger partial charge in [0.25, 0.3) is 5.91 Å². The van der Waals surface area contributed by atoms with E-state index in [-0.39, 0.29) is 23.2 Å². The number of benzene rings is 1. The monoisotopic (exact) mass is 515 g/mol. The number of amides is 1. The number of pyridine rings is 1. The van der Waals surface area contributed by atoms with Gasteiger partial charge >= 0.3 is 13.3 Å². The molecular formula is C23H29F3N3O5P. The van der Waals surface area contributed by atoms with E-state index in [0.29, 0.717) is 5.52 Å². The van der Waals surface area contributed by atoms with Gasteiger partial charge in [0, 0.05) is 23.7 Å². The first-order valence-electron chi connectivity index (χ1n) is 11.8. The highest BCUT2D eigenvalue weighted by atomic mass is 31.2. The lowest BCUT2D eigenvalue weighted by Gasteiger charge is -2.25. The van der Waals surface area contributed by atoms with Crippen LogP contribution in [0.4, 0.5) is 18.9 Å². The maximum Gasteiger partial charge on any atom is 0.396 e. The number of halogens is 3. The third-order valence-corrected chi connectivity index (χ3v) is 7.95. The van der Waals surface area contributed by atoms with Crippen molar-refractivity contribution in [2.75, 3.05) is 11.9 Å². The van der Waals surface area contributed by atoms with Gasteiger partial charge in [-0.3, -0.25) is 14.2 Å². The van der Waals surface area contributed by atoms with E-state index in [1.54, 1.807) is 16.0 Å². The molecule has 0 aliphatic heterocycles. The maximum atomic E-state index is 15.0. The molecule has 2 aliphatic carbocycles. The molecule has 0 bridgehead atoms. The normalized spacial score (nSPS) is 18.2. The number of hydrogen-bond donors (Lipinski definition) is 4. The van der Waals surface area contributed by atoms with Crippen LogP contribution in [-0.2, 0) is 4.57 Å². The van der Waals surface area contributed by atoms with E-state index in [2.05, 4.69) is 5.32 Å². The molecule has 1 heterocycles. The van der Waals surface area contributed by atoms with Crippen LogP contribution in [0.25, 0.3) is 10.9 Å². The second-order valence-corrected chi connectivity index (χ2v) is 11.2. The Balaban J connectivity index is 1.73. The van der Waals surface area contributed by atoms with E-state index >= 15 is 4.39 Å². The predicted octanol–water partition coefficient (Wildman–Crippen LogP) is 4.50. The molecule has 1 aromatic heterocycles. The fourth-order valence-corrected chi connectivity index (χ4v) is 5.26. The molecule has 0 spiro atoms. The van der Waals surface area contributed by atoms with Crippen LogP contribution >= 0.6 is 7.60 Å². The molecule has 0 radical (unpaired) electrons. The number of aromatic nitrogens is 1. The molecule has 2 aliphatic rings. The van der Waals surface area contributed by atoms with Crippen LogP contribution in [0.15, 0.2) is 23.1 Å². The van der Waals surface area contributed by atoms with E-state index in [4.69, 9.17) is 9.79 Å². The molecular weight excluding hydrogens is 486 g/mol. The molecule has 0 saturated heterocycles. The van der Waals surface area contributed by atoms with Crippen molar-refractivity contribution in [2.24, 2.45) is 0 Å². The highest BCUT2D eigenvalue weighted by Gasteiger charge is 2.48. The van der Waals surface area contributed by atoms with Gasteiger partial charge in [0.1, 0.15) is 11.4 Å². The summed E-state index contributed by atoms with van der Waals surface area (Å²) in [4.78, 5) is 43.3. The second-order valence-electron chi connectivity index (χ2n) is 9.44. The van der Waals surface area contributed by atoms with Gasteiger partial charge in [-0.1, -0.05) is 32.1 Å². The number of alkyl halides is 2. The minimum atomic E-state index is -5.81. The van der Waals surface area contributed by atoms with Crippen molar-refractivity contribution in [3.05, 3.63) is 39.9 Å². The molecule has 4 rings (SSSR count). The van der Waals surface area contributed by atoms with E-state index in [1.165, 1.54) is 6.20 Å². The largest absolute Gasteiger partial charge is 0.396 e. The smallest absolute Gasteiger partial charge is 0.380 e. The first-order valence-corrected chi connectivity index (χ1v) is 13.5. The van der Waals surface area contributed by atoms with Crippen LogP contribution in [0.1, 0.15) is 74.2 Å². The molecule has 8 nitrogen and oxygen atoms in total. The standard InChI is InChI=1S/C23H29F3N3O5P/c24-18-10-16-20(11-19(18)28-14-6-2-1-3-7-14)29(15-8-4-5-9-15)12-17(21(16)30)22(31)27-13-23(25,26)35(32,33)34/h10-12,14-15,28H,1-9,13H2,(H,27,31)(H2,32,33,34). The summed E-state index contributed by atoms with van der Waals surface area (Å²) in [6.45, 7) is -1.64. The number of hydrogen-bond acceptors (Lipinski definition) is 4. The van der Waals surface area contributed by atoms with Crippen molar-refractivity contribution >= 4 is 30.1 Å². The van der Waals surface area contributed by atoms with E-state index < -0.39 is 42.5 Å². The summed E-state index contributed by atoms with van der Waals surface area (Å²) < 4.78 is 55.0. The Morgan fingerprint density at radius 3 is 2.34 bits per heavy atom. The summed E-state index contributed by atoms with van der Waals surface area (Å²) in [7, 11) is -5.81. The summed E-state index contributed by atoms with van der Waals surface area (Å²) in [5.74, 6) is -1.86. The Hall–Kier alpha value is -2.36. The first-order chi connectivity index (χ1) is 16.5. The molecule has 2 aromatic rings. The molecule has 0 unspecified atom stereocenters. The second kappa shape index (κ2) is 9.95. The lowest BCUT2D eigenvalue weighted by Crippen LogP contribution is -2.38. The Bertz CT molecular complexity index is 1220. The van der Waals surface area contributed by atoms with Gasteiger partial charge in [0.2, 0.25) is 5.43 Å². The van der Waals surface area contributed by atoms with E-state index in [1.807, 2.05) is 0 Å². The zero-order valence-corrected chi connectivity index (χ0v) is 20.0. The van der Waals surface area contributed by atoms with Gasteiger partial charge in [-0.05, 0) is 37.8 Å². The molecule has 35 heavy (non-hydrogen) atoms. The van der Waals surface area contributed by atoms with Gasteiger partial charge in [-0.25, -0.2) is 4.39 Å². The van der Waals surface area contributed by atoms with Crippen LogP contribution in [0, 0.1) is 5.82 Å². The fourth-order valence-electron chi connectivity index (χ4n) is 4.98. The Morgan fingerprint density at radius 1 is 1.09 bits per heavy atom. The lowest BCUT2D eigenvalue weighted by atomic mass is 9.95. The maximum absolute atomic E-state index is 15.0. The Kier molecular flexibility index (Phi) is 7.31. The van der Waals surface area contributed by atoms with Gasteiger partial charge in [-0.15, -0.1) is 0 Å². The summed E-state index contributed by atoms with van der Waals surface area (Å²) in [6.07, 6.45) is 9.80. The molecule has 12 heteroatoms. The first kappa shape index (κ1) is 25.7.